The van der Waals surface area contributed by atoms with Gasteiger partial charge >= 0.3 is 0 Å². The van der Waals surface area contributed by atoms with Crippen molar-refractivity contribution in [3.8, 4) is 23.3 Å². The largest absolute Gasteiger partial charge is 0.454 e. The van der Waals surface area contributed by atoms with Crippen LogP contribution in [-0.4, -0.2) is 17.3 Å². The Morgan fingerprint density at radius 2 is 1.84 bits per heavy atom. The average molecular weight is 413 g/mol. The number of aromatic nitrogens is 1. The molecule has 0 fully saturated rings. The van der Waals surface area contributed by atoms with E-state index in [2.05, 4.69) is 9.88 Å². The fraction of sp³-hybridized carbons (Fsp3) is 0.200. The third kappa shape index (κ3) is 3.90. The molecule has 2 aromatic carbocycles. The lowest BCUT2D eigenvalue weighted by atomic mass is 10.1. The second-order valence-electron chi connectivity index (χ2n) is 7.64. The van der Waals surface area contributed by atoms with Crippen LogP contribution in [-0.2, 0) is 4.79 Å². The van der Waals surface area contributed by atoms with E-state index in [1.807, 2.05) is 76.2 Å². The summed E-state index contributed by atoms with van der Waals surface area (Å²) in [5.41, 5.74) is 6.44. The number of aryl methyl sites for hydroxylation is 3. The number of nitrogens with zero attached hydrogens (tertiary/aromatic N) is 2. The number of nitrogens with one attached hydrogen (secondary N) is 1. The quantitative estimate of drug-likeness (QED) is 0.483. The Labute approximate surface area is 181 Å². The summed E-state index contributed by atoms with van der Waals surface area (Å²) in [6.45, 7) is 8.08. The van der Waals surface area contributed by atoms with E-state index >= 15 is 0 Å². The van der Waals surface area contributed by atoms with Gasteiger partial charge < -0.3 is 19.4 Å². The van der Waals surface area contributed by atoms with E-state index in [1.165, 1.54) is 0 Å². The molecule has 1 aliphatic heterocycles. The number of amides is 1. The minimum Gasteiger partial charge on any atom is -0.454 e. The Kier molecular flexibility index (Phi) is 5.26. The normalized spacial score (nSPS) is 12.5. The first-order valence-electron chi connectivity index (χ1n) is 9.96. The van der Waals surface area contributed by atoms with E-state index in [4.69, 9.17) is 9.47 Å². The van der Waals surface area contributed by atoms with Gasteiger partial charge in [0.1, 0.15) is 11.6 Å². The maximum Gasteiger partial charge on any atom is 0.266 e. The molecular weight excluding hydrogens is 390 g/mol. The molecule has 0 atom stereocenters. The van der Waals surface area contributed by atoms with Crippen LogP contribution in [0.4, 0.5) is 5.69 Å². The van der Waals surface area contributed by atoms with E-state index in [0.717, 1.165) is 39.5 Å². The molecule has 0 bridgehead atoms. The van der Waals surface area contributed by atoms with E-state index < -0.39 is 5.91 Å². The molecule has 4 rings (SSSR count). The highest BCUT2D eigenvalue weighted by atomic mass is 16.7. The number of nitriles is 1. The Morgan fingerprint density at radius 1 is 1.06 bits per heavy atom. The van der Waals surface area contributed by atoms with Crippen LogP contribution in [0.15, 0.2) is 48.0 Å². The van der Waals surface area contributed by atoms with Crippen molar-refractivity contribution >= 4 is 17.7 Å². The highest BCUT2D eigenvalue weighted by Crippen LogP contribution is 2.35. The SMILES string of the molecule is Cc1ccc(NC(=O)/C(C#N)=C/c2cc(C)n(-c3ccc4c(c3)OCO4)c2C)c(C)c1. The molecule has 31 heavy (non-hydrogen) atoms. The second kappa shape index (κ2) is 8.04. The molecule has 0 unspecified atom stereocenters. The summed E-state index contributed by atoms with van der Waals surface area (Å²) in [6.07, 6.45) is 1.63. The maximum absolute atomic E-state index is 12.7. The second-order valence-corrected chi connectivity index (χ2v) is 7.64. The number of anilines is 1. The third-order valence-corrected chi connectivity index (χ3v) is 5.38. The van der Waals surface area contributed by atoms with E-state index in [0.29, 0.717) is 11.4 Å². The van der Waals surface area contributed by atoms with Gasteiger partial charge in [0.15, 0.2) is 11.5 Å². The van der Waals surface area contributed by atoms with Gasteiger partial charge in [0.05, 0.1) is 0 Å². The van der Waals surface area contributed by atoms with Crippen LogP contribution in [0.25, 0.3) is 11.8 Å². The Bertz CT molecular complexity index is 1260. The van der Waals surface area contributed by atoms with Gasteiger partial charge in [-0.1, -0.05) is 17.7 Å². The van der Waals surface area contributed by atoms with Crippen LogP contribution < -0.4 is 14.8 Å². The molecule has 2 heterocycles. The summed E-state index contributed by atoms with van der Waals surface area (Å²) in [5.74, 6) is 0.996. The summed E-state index contributed by atoms with van der Waals surface area (Å²) in [6, 6.07) is 15.5. The Morgan fingerprint density at radius 3 is 2.58 bits per heavy atom. The van der Waals surface area contributed by atoms with Gasteiger partial charge in [-0.15, -0.1) is 0 Å². The molecule has 156 valence electrons. The molecule has 6 nitrogen and oxygen atoms in total. The predicted octanol–water partition coefficient (Wildman–Crippen LogP) is 4.99. The molecule has 1 amide bonds. The van der Waals surface area contributed by atoms with E-state index in [-0.39, 0.29) is 12.4 Å². The van der Waals surface area contributed by atoms with Crippen molar-refractivity contribution in [2.75, 3.05) is 12.1 Å². The molecule has 0 aliphatic carbocycles. The van der Waals surface area contributed by atoms with Gasteiger partial charge in [0.2, 0.25) is 6.79 Å². The van der Waals surface area contributed by atoms with Crippen LogP contribution in [0.2, 0.25) is 0 Å². The van der Waals surface area contributed by atoms with Crippen molar-refractivity contribution in [2.24, 2.45) is 0 Å². The zero-order chi connectivity index (χ0) is 22.1. The monoisotopic (exact) mass is 413 g/mol. The van der Waals surface area contributed by atoms with Crippen LogP contribution in [0, 0.1) is 39.0 Å². The number of carbonyl (C=O) groups is 1. The number of fused-ring (bicyclic) bond motifs is 1. The molecule has 1 N–H and O–H groups in total. The molecular formula is C25H23N3O3. The first kappa shape index (κ1) is 20.3. The highest BCUT2D eigenvalue weighted by molar-refractivity contribution is 6.10. The standard InChI is InChI=1S/C25H23N3O3/c1-15-5-7-22(16(2)9-15)27-25(29)20(13-26)11-19-10-17(3)28(18(19)4)21-6-8-23-24(12-21)31-14-30-23/h5-12H,14H2,1-4H3,(H,27,29)/b20-11+. The molecule has 1 aliphatic rings. The zero-order valence-corrected chi connectivity index (χ0v) is 17.9. The van der Waals surface area contributed by atoms with Gasteiger partial charge in [-0.3, -0.25) is 4.79 Å². The van der Waals surface area contributed by atoms with Crippen molar-refractivity contribution in [3.05, 3.63) is 76.1 Å². The molecule has 6 heteroatoms. The smallest absolute Gasteiger partial charge is 0.266 e. The molecule has 0 spiro atoms. The first-order valence-corrected chi connectivity index (χ1v) is 9.96. The number of hydrogen-bond donors (Lipinski definition) is 1. The first-order chi connectivity index (χ1) is 14.9. The molecule has 1 aromatic heterocycles. The third-order valence-electron chi connectivity index (χ3n) is 5.38. The van der Waals surface area contributed by atoms with Gasteiger partial charge in [-0.05, 0) is 69.2 Å². The molecule has 3 aromatic rings. The number of carbonyl (C=O) groups excluding carboxylic acids is 1. The minimum atomic E-state index is -0.428. The van der Waals surface area contributed by atoms with Crippen LogP contribution in [0.1, 0.15) is 28.1 Å². The lowest BCUT2D eigenvalue weighted by molar-refractivity contribution is -0.112. The van der Waals surface area contributed by atoms with E-state index in [9.17, 15) is 10.1 Å². The number of rotatable bonds is 4. The highest BCUT2D eigenvalue weighted by Gasteiger charge is 2.18. The van der Waals surface area contributed by atoms with Crippen molar-refractivity contribution in [1.82, 2.24) is 4.57 Å². The fourth-order valence-corrected chi connectivity index (χ4v) is 3.80. The summed E-state index contributed by atoms with van der Waals surface area (Å²) in [5, 5.41) is 12.5. The Hall–Kier alpha value is -3.98. The van der Waals surface area contributed by atoms with Crippen LogP contribution in [0.5, 0.6) is 11.5 Å². The lowest BCUT2D eigenvalue weighted by Crippen LogP contribution is -2.14. The summed E-state index contributed by atoms with van der Waals surface area (Å²) >= 11 is 0. The fourth-order valence-electron chi connectivity index (χ4n) is 3.80. The predicted molar refractivity (Wildman–Crippen MR) is 120 cm³/mol. The number of ether oxygens (including phenoxy) is 2. The minimum absolute atomic E-state index is 0.0471. The van der Waals surface area contributed by atoms with Crippen molar-refractivity contribution < 1.29 is 14.3 Å². The van der Waals surface area contributed by atoms with Crippen molar-refractivity contribution in [1.29, 1.82) is 5.26 Å². The summed E-state index contributed by atoms with van der Waals surface area (Å²) in [7, 11) is 0. The van der Waals surface area contributed by atoms with Crippen LogP contribution in [0.3, 0.4) is 0 Å². The molecule has 0 saturated carbocycles. The molecule has 0 saturated heterocycles. The summed E-state index contributed by atoms with van der Waals surface area (Å²) in [4.78, 5) is 12.7. The topological polar surface area (TPSA) is 76.3 Å². The zero-order valence-electron chi connectivity index (χ0n) is 17.9. The van der Waals surface area contributed by atoms with Crippen molar-refractivity contribution in [3.63, 3.8) is 0 Å². The summed E-state index contributed by atoms with van der Waals surface area (Å²) < 4.78 is 12.9. The maximum atomic E-state index is 12.7. The van der Waals surface area contributed by atoms with Gasteiger partial charge in [0, 0.05) is 28.8 Å². The molecule has 0 radical (unpaired) electrons. The van der Waals surface area contributed by atoms with Crippen molar-refractivity contribution in [2.45, 2.75) is 27.7 Å². The van der Waals surface area contributed by atoms with Gasteiger partial charge in [-0.2, -0.15) is 5.26 Å². The number of hydrogen-bond acceptors (Lipinski definition) is 4. The average Bonchev–Trinajstić information content (AvgIpc) is 3.31. The van der Waals surface area contributed by atoms with Gasteiger partial charge in [0.25, 0.3) is 5.91 Å². The van der Waals surface area contributed by atoms with Crippen LogP contribution >= 0.6 is 0 Å². The number of benzene rings is 2. The van der Waals surface area contributed by atoms with E-state index in [1.54, 1.807) is 6.08 Å². The van der Waals surface area contributed by atoms with Gasteiger partial charge in [-0.25, -0.2) is 0 Å². The Balaban J connectivity index is 1.65. The lowest BCUT2D eigenvalue weighted by Gasteiger charge is -2.11.